The Bertz CT molecular complexity index is 2530. The zero-order chi connectivity index (χ0) is 47.2. The normalized spacial score (nSPS) is 16.4. The smallest absolute Gasteiger partial charge is 0.338 e. The molecular weight excluding hydrogens is 860 g/mol. The molecule has 4 aromatic carbocycles. The summed E-state index contributed by atoms with van der Waals surface area (Å²) in [6.45, 7) is 10.2. The number of methoxy groups -OCH3 is 2. The number of aromatic amines is 1. The van der Waals surface area contributed by atoms with E-state index in [1.807, 2.05) is 97.9 Å². The van der Waals surface area contributed by atoms with Gasteiger partial charge in [0.25, 0.3) is 14.1 Å². The van der Waals surface area contributed by atoms with Crippen molar-refractivity contribution in [2.24, 2.45) is 0 Å². The van der Waals surface area contributed by atoms with Gasteiger partial charge in [-0.1, -0.05) is 84.1 Å². The van der Waals surface area contributed by atoms with Crippen LogP contribution in [0, 0.1) is 30.1 Å². The minimum absolute atomic E-state index is 0.00437. The summed E-state index contributed by atoms with van der Waals surface area (Å²) in [6.07, 6.45) is -0.584. The van der Waals surface area contributed by atoms with Crippen LogP contribution in [0.4, 0.5) is 0 Å². The number of esters is 1. The fourth-order valence-corrected chi connectivity index (χ4v) is 9.50. The van der Waals surface area contributed by atoms with Gasteiger partial charge in [-0.25, -0.2) is 14.3 Å². The number of ether oxygens (including phenoxy) is 5. The van der Waals surface area contributed by atoms with E-state index in [0.29, 0.717) is 17.1 Å². The Morgan fingerprint density at radius 3 is 2.05 bits per heavy atom. The average Bonchev–Trinajstić information content (AvgIpc) is 3.72. The van der Waals surface area contributed by atoms with Crippen molar-refractivity contribution >= 4 is 14.5 Å². The van der Waals surface area contributed by atoms with E-state index in [2.05, 4.69) is 55.3 Å². The Hall–Kier alpha value is -6.09. The highest BCUT2D eigenvalue weighted by atomic mass is 31.2. The molecule has 0 bridgehead atoms. The summed E-state index contributed by atoms with van der Waals surface area (Å²) in [5.74, 6) is 6.60. The summed E-state index contributed by atoms with van der Waals surface area (Å²) in [7, 11) is 1.47. The highest BCUT2D eigenvalue weighted by Gasteiger charge is 2.45. The Morgan fingerprint density at radius 1 is 0.864 bits per heavy atom. The summed E-state index contributed by atoms with van der Waals surface area (Å²) in [5.41, 5.74) is 1.36. The van der Waals surface area contributed by atoms with Gasteiger partial charge in [-0.15, -0.1) is 0 Å². The molecule has 0 spiro atoms. The number of benzene rings is 4. The molecule has 1 saturated heterocycles. The van der Waals surface area contributed by atoms with Crippen molar-refractivity contribution < 1.29 is 37.5 Å². The molecule has 4 atom stereocenters. The molecule has 1 aliphatic rings. The summed E-state index contributed by atoms with van der Waals surface area (Å²) >= 11 is 0. The maximum Gasteiger partial charge on any atom is 0.338 e. The number of hydrogen-bond donors (Lipinski definition) is 1. The molecule has 6 rings (SSSR count). The van der Waals surface area contributed by atoms with E-state index in [1.165, 1.54) is 10.8 Å². The molecule has 0 saturated carbocycles. The number of carbonyl (C=O) groups is 1. The Morgan fingerprint density at radius 2 is 1.47 bits per heavy atom. The van der Waals surface area contributed by atoms with Crippen molar-refractivity contribution in [2.45, 2.75) is 90.0 Å². The van der Waals surface area contributed by atoms with Crippen molar-refractivity contribution in [3.8, 4) is 29.4 Å². The highest BCUT2D eigenvalue weighted by molar-refractivity contribution is 7.44. The third kappa shape index (κ3) is 12.0. The molecule has 346 valence electrons. The van der Waals surface area contributed by atoms with Gasteiger partial charge in [0, 0.05) is 31.1 Å². The van der Waals surface area contributed by atoms with E-state index in [1.54, 1.807) is 26.4 Å². The van der Waals surface area contributed by atoms with E-state index in [9.17, 15) is 19.6 Å². The van der Waals surface area contributed by atoms with Gasteiger partial charge in [-0.3, -0.25) is 14.3 Å². The minimum Gasteiger partial charge on any atom is -0.497 e. The summed E-state index contributed by atoms with van der Waals surface area (Å²) in [4.78, 5) is 41.6. The molecule has 1 aliphatic heterocycles. The number of nitrogens with zero attached hydrogens (tertiary/aromatic N) is 3. The average molecular weight is 917 g/mol. The lowest BCUT2D eigenvalue weighted by molar-refractivity contribution is -0.0925. The first-order valence-corrected chi connectivity index (χ1v) is 23.0. The highest BCUT2D eigenvalue weighted by Crippen LogP contribution is 2.50. The van der Waals surface area contributed by atoms with Crippen molar-refractivity contribution in [2.75, 3.05) is 34.0 Å². The van der Waals surface area contributed by atoms with Crippen LogP contribution in [0.3, 0.4) is 0 Å². The molecule has 15 heteroatoms. The topological polar surface area (TPSA) is 164 Å². The number of rotatable bonds is 20. The molecule has 1 fully saturated rings. The van der Waals surface area contributed by atoms with Crippen molar-refractivity contribution in [1.29, 1.82) is 5.26 Å². The van der Waals surface area contributed by atoms with Crippen molar-refractivity contribution in [3.63, 3.8) is 0 Å². The summed E-state index contributed by atoms with van der Waals surface area (Å²) in [5, 5.41) is 9.42. The van der Waals surface area contributed by atoms with E-state index in [0.717, 1.165) is 22.3 Å². The predicted octanol–water partition coefficient (Wildman–Crippen LogP) is 8.42. The first-order valence-electron chi connectivity index (χ1n) is 21.9. The van der Waals surface area contributed by atoms with Gasteiger partial charge < -0.3 is 32.7 Å². The molecule has 0 radical (unpaired) electrons. The summed E-state index contributed by atoms with van der Waals surface area (Å²) in [6, 6.07) is 34.4. The number of carbonyl (C=O) groups excluding carboxylic acids is 1. The number of aryl methyl sites for hydroxylation is 1. The molecule has 1 N–H and O–H groups in total. The van der Waals surface area contributed by atoms with Crippen LogP contribution in [0.1, 0.15) is 91.4 Å². The van der Waals surface area contributed by atoms with Crippen LogP contribution in [0.15, 0.2) is 119 Å². The zero-order valence-corrected chi connectivity index (χ0v) is 39.3. The lowest BCUT2D eigenvalue weighted by Crippen LogP contribution is -2.39. The van der Waals surface area contributed by atoms with Gasteiger partial charge in [0.1, 0.15) is 41.6 Å². The molecular formula is C51H57N4O10P. The predicted molar refractivity (Wildman–Crippen MR) is 251 cm³/mol. The Balaban J connectivity index is 1.36. The molecule has 2 heterocycles. The second-order valence-electron chi connectivity index (χ2n) is 16.1. The number of H-pyrrole nitrogens is 1. The van der Waals surface area contributed by atoms with E-state index in [4.69, 9.17) is 32.7 Å². The molecule has 5 aromatic rings. The van der Waals surface area contributed by atoms with Crippen LogP contribution in [-0.4, -0.2) is 78.5 Å². The largest absolute Gasteiger partial charge is 0.497 e. The third-order valence-corrected chi connectivity index (χ3v) is 13.1. The van der Waals surface area contributed by atoms with E-state index < -0.39 is 49.8 Å². The standard InChI is InChI=1S/C51H57N4O10P/c1-35(2)55(36(3)4)66(63-31-13-29-52)65-45-32-47(54-33-39(48(56)53-50(54)58)14-11-12-30-61-49(57)38-19-17-37(5)18-20-38)64-46(45)34-62-51(40-15-9-8-10-16-40,41-21-25-43(59-6)26-22-41)42-23-27-44(60-7)28-24-42/h8-10,15-28,33,35-36,45-47H,12-13,30-32,34H2,1-7H3,(H,53,56,58). The minimum atomic E-state index is -1.76. The fraction of sp³-hybridized carbons (Fsp3) is 0.373. The maximum atomic E-state index is 13.6. The Labute approximate surface area is 387 Å². The summed E-state index contributed by atoms with van der Waals surface area (Å²) < 4.78 is 47.3. The van der Waals surface area contributed by atoms with Gasteiger partial charge in [-0.05, 0) is 87.7 Å². The fourth-order valence-electron chi connectivity index (χ4n) is 7.74. The van der Waals surface area contributed by atoms with Crippen LogP contribution in [0.25, 0.3) is 0 Å². The van der Waals surface area contributed by atoms with Gasteiger partial charge in [0.15, 0.2) is 0 Å². The van der Waals surface area contributed by atoms with Gasteiger partial charge in [0.2, 0.25) is 0 Å². The second kappa shape index (κ2) is 23.4. The SMILES string of the molecule is COc1ccc(C(OCC2OC(n3cc(C#CCCOC(=O)c4ccc(C)cc4)c(=O)[nH]c3=O)CC2OP(OCCC#N)N(C(C)C)C(C)C)(c2ccccc2)c2ccc(OC)cc2)cc1. The quantitative estimate of drug-likeness (QED) is 0.0261. The molecule has 4 unspecified atom stereocenters. The van der Waals surface area contributed by atoms with E-state index in [-0.39, 0.29) is 56.7 Å². The number of aromatic nitrogens is 2. The number of hydrogen-bond acceptors (Lipinski definition) is 12. The lowest BCUT2D eigenvalue weighted by atomic mass is 9.80. The molecule has 1 aromatic heterocycles. The number of nitrogens with one attached hydrogen (secondary N) is 1. The third-order valence-electron chi connectivity index (χ3n) is 11.0. The van der Waals surface area contributed by atoms with Crippen LogP contribution in [0.2, 0.25) is 0 Å². The second-order valence-corrected chi connectivity index (χ2v) is 17.5. The van der Waals surface area contributed by atoms with Crippen LogP contribution < -0.4 is 20.7 Å². The molecule has 14 nitrogen and oxygen atoms in total. The Kier molecular flexibility index (Phi) is 17.5. The van der Waals surface area contributed by atoms with Gasteiger partial charge in [0.05, 0.1) is 51.6 Å². The van der Waals surface area contributed by atoms with Crippen molar-refractivity contribution in [3.05, 3.63) is 164 Å². The van der Waals surface area contributed by atoms with Gasteiger partial charge >= 0.3 is 11.7 Å². The number of nitriles is 1. The van der Waals surface area contributed by atoms with Crippen LogP contribution in [0.5, 0.6) is 11.5 Å². The molecule has 0 amide bonds. The first kappa shape index (κ1) is 49.3. The molecule has 66 heavy (non-hydrogen) atoms. The lowest BCUT2D eigenvalue weighted by Gasteiger charge is -2.39. The van der Waals surface area contributed by atoms with Crippen LogP contribution >= 0.6 is 8.53 Å². The first-order chi connectivity index (χ1) is 31.9. The monoisotopic (exact) mass is 916 g/mol. The van der Waals surface area contributed by atoms with E-state index >= 15 is 0 Å². The maximum absolute atomic E-state index is 13.6. The van der Waals surface area contributed by atoms with Crippen molar-refractivity contribution in [1.82, 2.24) is 14.2 Å². The molecule has 0 aliphatic carbocycles. The van der Waals surface area contributed by atoms with Crippen LogP contribution in [-0.2, 0) is 28.9 Å². The van der Waals surface area contributed by atoms with Gasteiger partial charge in [-0.2, -0.15) is 5.26 Å². The zero-order valence-electron chi connectivity index (χ0n) is 38.4.